The van der Waals surface area contributed by atoms with Crippen LogP contribution in [-0.4, -0.2) is 18.5 Å². The van der Waals surface area contributed by atoms with E-state index in [2.05, 4.69) is 31.3 Å². The van der Waals surface area contributed by atoms with Crippen molar-refractivity contribution in [2.75, 3.05) is 11.9 Å². The maximum absolute atomic E-state index is 13.2. The lowest BCUT2D eigenvalue weighted by Crippen LogP contribution is -2.51. The highest BCUT2D eigenvalue weighted by molar-refractivity contribution is 6.00. The molecule has 22 heavy (non-hydrogen) atoms. The van der Waals surface area contributed by atoms with Crippen LogP contribution in [0.25, 0.3) is 0 Å². The van der Waals surface area contributed by atoms with E-state index >= 15 is 0 Å². The molecule has 1 atom stereocenters. The average molecular weight is 294 g/mol. The minimum absolute atomic E-state index is 0.101. The number of likely N-dealkylation sites (N-methyl/N-ethyl adjacent to an activating group) is 1. The van der Waals surface area contributed by atoms with Gasteiger partial charge in [0.25, 0.3) is 0 Å². The Balaban J connectivity index is 2.15. The van der Waals surface area contributed by atoms with Crippen LogP contribution in [0.1, 0.15) is 31.0 Å². The van der Waals surface area contributed by atoms with Crippen molar-refractivity contribution >= 4 is 11.6 Å². The molecule has 2 aromatic carbocycles. The fourth-order valence-corrected chi connectivity index (χ4v) is 3.42. The van der Waals surface area contributed by atoms with Crippen molar-refractivity contribution in [3.8, 4) is 0 Å². The molecule has 114 valence electrons. The summed E-state index contributed by atoms with van der Waals surface area (Å²) >= 11 is 0. The first-order valence-corrected chi connectivity index (χ1v) is 7.69. The summed E-state index contributed by atoms with van der Waals surface area (Å²) in [6.45, 7) is 4.26. The number of para-hydroxylation sites is 1. The topological polar surface area (TPSA) is 32.3 Å². The molecule has 1 heterocycles. The number of hydrogen-bond acceptors (Lipinski definition) is 2. The fraction of sp³-hybridized carbons (Fsp3) is 0.316. The van der Waals surface area contributed by atoms with Gasteiger partial charge in [-0.05, 0) is 50.6 Å². The van der Waals surface area contributed by atoms with Crippen molar-refractivity contribution in [1.82, 2.24) is 5.32 Å². The van der Waals surface area contributed by atoms with Crippen LogP contribution in [0.15, 0.2) is 54.6 Å². The Bertz CT molecular complexity index is 679. The summed E-state index contributed by atoms with van der Waals surface area (Å²) in [7, 11) is 1.85. The van der Waals surface area contributed by atoms with Crippen molar-refractivity contribution in [3.05, 3.63) is 65.7 Å². The van der Waals surface area contributed by atoms with Crippen LogP contribution in [0, 0.1) is 0 Å². The number of anilines is 1. The van der Waals surface area contributed by atoms with Crippen molar-refractivity contribution < 1.29 is 4.79 Å². The lowest BCUT2D eigenvalue weighted by Gasteiger charge is -2.38. The SMILES string of the molecule is CNC1C(=O)N(c2ccccc2)C(C)(C)Cc2ccccc21. The molecule has 1 amide bonds. The summed E-state index contributed by atoms with van der Waals surface area (Å²) < 4.78 is 0. The maximum Gasteiger partial charge on any atom is 0.249 e. The highest BCUT2D eigenvalue weighted by Crippen LogP contribution is 2.35. The predicted octanol–water partition coefficient (Wildman–Crippen LogP) is 3.32. The Kier molecular flexibility index (Phi) is 3.75. The van der Waals surface area contributed by atoms with Gasteiger partial charge in [-0.1, -0.05) is 42.5 Å². The van der Waals surface area contributed by atoms with E-state index in [4.69, 9.17) is 0 Å². The number of nitrogens with zero attached hydrogens (tertiary/aromatic N) is 1. The van der Waals surface area contributed by atoms with Crippen molar-refractivity contribution in [2.24, 2.45) is 0 Å². The van der Waals surface area contributed by atoms with Crippen molar-refractivity contribution in [2.45, 2.75) is 31.8 Å². The summed E-state index contributed by atoms with van der Waals surface area (Å²) in [5.41, 5.74) is 2.99. The molecule has 1 aliphatic rings. The lowest BCUT2D eigenvalue weighted by molar-refractivity contribution is -0.121. The number of nitrogens with one attached hydrogen (secondary N) is 1. The van der Waals surface area contributed by atoms with Crippen LogP contribution in [0.2, 0.25) is 0 Å². The van der Waals surface area contributed by atoms with Crippen LogP contribution < -0.4 is 10.2 Å². The highest BCUT2D eigenvalue weighted by Gasteiger charge is 2.40. The molecule has 0 saturated carbocycles. The average Bonchev–Trinajstić information content (AvgIpc) is 2.58. The van der Waals surface area contributed by atoms with E-state index < -0.39 is 0 Å². The smallest absolute Gasteiger partial charge is 0.249 e. The molecule has 1 N–H and O–H groups in total. The van der Waals surface area contributed by atoms with E-state index in [1.54, 1.807) is 0 Å². The van der Waals surface area contributed by atoms with Gasteiger partial charge < -0.3 is 10.2 Å². The summed E-state index contributed by atoms with van der Waals surface area (Å²) in [4.78, 5) is 15.2. The van der Waals surface area contributed by atoms with E-state index in [1.807, 2.05) is 54.4 Å². The maximum atomic E-state index is 13.2. The zero-order chi connectivity index (χ0) is 15.7. The van der Waals surface area contributed by atoms with Crippen molar-refractivity contribution in [1.29, 1.82) is 0 Å². The van der Waals surface area contributed by atoms with Gasteiger partial charge in [-0.25, -0.2) is 0 Å². The van der Waals surface area contributed by atoms with E-state index in [0.29, 0.717) is 0 Å². The van der Waals surface area contributed by atoms with Gasteiger partial charge in [0.15, 0.2) is 0 Å². The minimum Gasteiger partial charge on any atom is -0.305 e. The number of amides is 1. The van der Waals surface area contributed by atoms with E-state index in [1.165, 1.54) is 5.56 Å². The number of hydrogen-bond donors (Lipinski definition) is 1. The summed E-state index contributed by atoms with van der Waals surface area (Å²) in [6, 6.07) is 17.9. The second-order valence-electron chi connectivity index (χ2n) is 6.42. The molecular weight excluding hydrogens is 272 g/mol. The number of rotatable bonds is 2. The standard InChI is InChI=1S/C19H22N2O/c1-19(2)13-14-9-7-8-12-16(14)17(20-3)18(22)21(19)15-10-5-4-6-11-15/h4-12,17,20H,13H2,1-3H3. The van der Waals surface area contributed by atoms with Gasteiger partial charge in [0, 0.05) is 11.2 Å². The third-order valence-electron chi connectivity index (χ3n) is 4.36. The highest BCUT2D eigenvalue weighted by atomic mass is 16.2. The number of carbonyl (C=O) groups excluding carboxylic acids is 1. The molecule has 0 fully saturated rings. The van der Waals surface area contributed by atoms with Gasteiger partial charge >= 0.3 is 0 Å². The van der Waals surface area contributed by atoms with Crippen LogP contribution in [0.3, 0.4) is 0 Å². The van der Waals surface area contributed by atoms with E-state index in [0.717, 1.165) is 17.7 Å². The largest absolute Gasteiger partial charge is 0.305 e. The van der Waals surface area contributed by atoms with E-state index in [9.17, 15) is 4.79 Å². The van der Waals surface area contributed by atoms with Gasteiger partial charge in [-0.15, -0.1) is 0 Å². The monoisotopic (exact) mass is 294 g/mol. The minimum atomic E-state index is -0.307. The first-order valence-electron chi connectivity index (χ1n) is 7.69. The molecule has 0 radical (unpaired) electrons. The molecule has 0 spiro atoms. The third-order valence-corrected chi connectivity index (χ3v) is 4.36. The van der Waals surface area contributed by atoms with Gasteiger partial charge in [0.1, 0.15) is 6.04 Å². The Labute approximate surface area is 132 Å². The van der Waals surface area contributed by atoms with Crippen LogP contribution >= 0.6 is 0 Å². The Morgan fingerprint density at radius 1 is 1.05 bits per heavy atom. The first-order chi connectivity index (χ1) is 10.5. The molecule has 3 heteroatoms. The molecule has 1 aliphatic heterocycles. The van der Waals surface area contributed by atoms with Gasteiger partial charge in [0.2, 0.25) is 5.91 Å². The zero-order valence-corrected chi connectivity index (χ0v) is 13.3. The third kappa shape index (κ3) is 2.42. The molecule has 3 rings (SSSR count). The zero-order valence-electron chi connectivity index (χ0n) is 13.3. The Hall–Kier alpha value is -2.13. The predicted molar refractivity (Wildman–Crippen MR) is 90.0 cm³/mol. The molecule has 2 aromatic rings. The normalized spacial score (nSPS) is 20.4. The lowest BCUT2D eigenvalue weighted by atomic mass is 9.91. The van der Waals surface area contributed by atoms with Gasteiger partial charge in [0.05, 0.1) is 0 Å². The Morgan fingerprint density at radius 3 is 2.36 bits per heavy atom. The number of fused-ring (bicyclic) bond motifs is 1. The fourth-order valence-electron chi connectivity index (χ4n) is 3.42. The first kappa shape index (κ1) is 14.8. The Morgan fingerprint density at radius 2 is 1.68 bits per heavy atom. The molecule has 0 saturated heterocycles. The van der Waals surface area contributed by atoms with Crippen LogP contribution in [-0.2, 0) is 11.2 Å². The second-order valence-corrected chi connectivity index (χ2v) is 6.42. The second kappa shape index (κ2) is 5.58. The molecule has 0 aliphatic carbocycles. The van der Waals surface area contributed by atoms with Crippen LogP contribution in [0.5, 0.6) is 0 Å². The molecule has 1 unspecified atom stereocenters. The van der Waals surface area contributed by atoms with Crippen molar-refractivity contribution in [3.63, 3.8) is 0 Å². The summed E-state index contributed by atoms with van der Waals surface area (Å²) in [5.74, 6) is 0.101. The number of benzene rings is 2. The number of carbonyl (C=O) groups is 1. The molecule has 0 aromatic heterocycles. The van der Waals surface area contributed by atoms with Gasteiger partial charge in [-0.3, -0.25) is 4.79 Å². The molecular formula is C19H22N2O. The summed E-state index contributed by atoms with van der Waals surface area (Å²) in [6.07, 6.45) is 0.835. The quantitative estimate of drug-likeness (QED) is 0.921. The molecule has 0 bridgehead atoms. The van der Waals surface area contributed by atoms with Gasteiger partial charge in [-0.2, -0.15) is 0 Å². The molecule has 3 nitrogen and oxygen atoms in total. The summed E-state index contributed by atoms with van der Waals surface area (Å²) in [5, 5.41) is 3.20. The van der Waals surface area contributed by atoms with E-state index in [-0.39, 0.29) is 17.5 Å². The van der Waals surface area contributed by atoms with Crippen LogP contribution in [0.4, 0.5) is 5.69 Å².